The Morgan fingerprint density at radius 2 is 1.76 bits per heavy atom. The number of hydrogen-bond donors (Lipinski definition) is 4. The number of ether oxygens (including phenoxy) is 2. The van der Waals surface area contributed by atoms with Crippen LogP contribution in [0.4, 0.5) is 11.6 Å². The molecule has 1 amide bonds. The van der Waals surface area contributed by atoms with Crippen LogP contribution in [0.1, 0.15) is 55.6 Å². The molecule has 13 nitrogen and oxygen atoms in total. The van der Waals surface area contributed by atoms with Crippen molar-refractivity contribution in [3.63, 3.8) is 0 Å². The van der Waals surface area contributed by atoms with Crippen molar-refractivity contribution in [3.8, 4) is 0 Å². The molecule has 202 valence electrons. The first-order valence-electron chi connectivity index (χ1n) is 12.3. The van der Waals surface area contributed by atoms with Crippen LogP contribution in [0.15, 0.2) is 35.3 Å². The summed E-state index contributed by atoms with van der Waals surface area (Å²) < 4.78 is 10.2. The molecule has 0 aliphatic heterocycles. The topological polar surface area (TPSA) is 191 Å². The molecule has 0 radical (unpaired) electrons. The van der Waals surface area contributed by atoms with Gasteiger partial charge in [-0.05, 0) is 43.5 Å². The van der Waals surface area contributed by atoms with E-state index in [-0.39, 0.29) is 43.1 Å². The van der Waals surface area contributed by atoms with Crippen molar-refractivity contribution < 1.29 is 23.9 Å². The first kappa shape index (κ1) is 28.0. The van der Waals surface area contributed by atoms with Crippen molar-refractivity contribution in [2.75, 3.05) is 24.3 Å². The summed E-state index contributed by atoms with van der Waals surface area (Å²) >= 11 is 0. The van der Waals surface area contributed by atoms with Gasteiger partial charge in [0.15, 0.2) is 11.2 Å². The van der Waals surface area contributed by atoms with Gasteiger partial charge in [-0.2, -0.15) is 4.98 Å². The number of amides is 1. The number of nitrogens with zero attached hydrogens (tertiary/aromatic N) is 3. The minimum absolute atomic E-state index is 0.0258. The fraction of sp³-hybridized carbons (Fsp3) is 0.400. The SMILES string of the molecule is CCCOC(=O)CC[C@H](NC(=O)c1ccc(NCc2cnc3nc(N)[nH]c(=O)c3n2)cc1)C(=O)OCCC. The number of rotatable bonds is 13. The smallest absolute Gasteiger partial charge is 0.328 e. The molecule has 1 aromatic carbocycles. The lowest BCUT2D eigenvalue weighted by Gasteiger charge is -2.17. The summed E-state index contributed by atoms with van der Waals surface area (Å²) in [6.07, 6.45) is 2.85. The maximum absolute atomic E-state index is 12.8. The van der Waals surface area contributed by atoms with E-state index >= 15 is 0 Å². The number of anilines is 2. The average Bonchev–Trinajstić information content (AvgIpc) is 2.91. The zero-order chi connectivity index (χ0) is 27.5. The number of carbonyl (C=O) groups excluding carboxylic acids is 3. The number of nitrogens with one attached hydrogen (secondary N) is 3. The fourth-order valence-corrected chi connectivity index (χ4v) is 3.33. The number of carbonyl (C=O) groups is 3. The largest absolute Gasteiger partial charge is 0.466 e. The number of aromatic amines is 1. The van der Waals surface area contributed by atoms with Crippen LogP contribution in [-0.4, -0.2) is 57.0 Å². The summed E-state index contributed by atoms with van der Waals surface area (Å²) in [6, 6.07) is 5.56. The third-order valence-electron chi connectivity index (χ3n) is 5.25. The van der Waals surface area contributed by atoms with Gasteiger partial charge in [-0.25, -0.2) is 14.8 Å². The number of benzene rings is 1. The van der Waals surface area contributed by atoms with Gasteiger partial charge in [-0.3, -0.25) is 19.4 Å². The predicted octanol–water partition coefficient (Wildman–Crippen LogP) is 1.69. The van der Waals surface area contributed by atoms with Crippen LogP contribution in [0.2, 0.25) is 0 Å². The molecule has 5 N–H and O–H groups in total. The van der Waals surface area contributed by atoms with Gasteiger partial charge in [0.1, 0.15) is 6.04 Å². The molecular formula is C25H31N7O6. The van der Waals surface area contributed by atoms with E-state index in [1.807, 2.05) is 13.8 Å². The number of aromatic nitrogens is 4. The van der Waals surface area contributed by atoms with Crippen LogP contribution >= 0.6 is 0 Å². The van der Waals surface area contributed by atoms with Crippen molar-refractivity contribution >= 4 is 40.6 Å². The molecule has 0 saturated carbocycles. The van der Waals surface area contributed by atoms with E-state index in [0.29, 0.717) is 36.4 Å². The van der Waals surface area contributed by atoms with Gasteiger partial charge in [0.05, 0.1) is 31.6 Å². The van der Waals surface area contributed by atoms with Crippen molar-refractivity contribution in [2.45, 2.75) is 52.1 Å². The van der Waals surface area contributed by atoms with Gasteiger partial charge in [0.2, 0.25) is 5.95 Å². The van der Waals surface area contributed by atoms with Crippen molar-refractivity contribution in [1.82, 2.24) is 25.3 Å². The summed E-state index contributed by atoms with van der Waals surface area (Å²) in [7, 11) is 0. The molecule has 0 aliphatic carbocycles. The molecule has 3 aromatic rings. The Labute approximate surface area is 218 Å². The summed E-state index contributed by atoms with van der Waals surface area (Å²) in [5, 5.41) is 5.79. The number of H-pyrrole nitrogens is 1. The Balaban J connectivity index is 1.60. The lowest BCUT2D eigenvalue weighted by atomic mass is 10.1. The second-order valence-corrected chi connectivity index (χ2v) is 8.37. The molecule has 0 bridgehead atoms. The number of hydrogen-bond acceptors (Lipinski definition) is 11. The molecule has 0 spiro atoms. The molecule has 1 atom stereocenters. The van der Waals surface area contributed by atoms with Gasteiger partial charge >= 0.3 is 11.9 Å². The highest BCUT2D eigenvalue weighted by Gasteiger charge is 2.24. The van der Waals surface area contributed by atoms with Gasteiger partial charge in [0.25, 0.3) is 11.5 Å². The van der Waals surface area contributed by atoms with Gasteiger partial charge in [0, 0.05) is 17.7 Å². The maximum Gasteiger partial charge on any atom is 0.328 e. The maximum atomic E-state index is 12.8. The molecule has 0 aliphatic rings. The second-order valence-electron chi connectivity index (χ2n) is 8.37. The van der Waals surface area contributed by atoms with E-state index in [1.54, 1.807) is 24.3 Å². The Bertz CT molecular complexity index is 1330. The molecule has 2 heterocycles. The third kappa shape index (κ3) is 7.98. The zero-order valence-electron chi connectivity index (χ0n) is 21.3. The van der Waals surface area contributed by atoms with Gasteiger partial charge in [-0.1, -0.05) is 13.8 Å². The lowest BCUT2D eigenvalue weighted by molar-refractivity contribution is -0.147. The molecule has 38 heavy (non-hydrogen) atoms. The number of esters is 2. The monoisotopic (exact) mass is 525 g/mol. The number of nitrogen functional groups attached to an aromatic ring is 1. The van der Waals surface area contributed by atoms with Crippen molar-refractivity contribution in [2.24, 2.45) is 0 Å². The second kappa shape index (κ2) is 13.7. The van der Waals surface area contributed by atoms with Crippen LogP contribution in [0.5, 0.6) is 0 Å². The lowest BCUT2D eigenvalue weighted by Crippen LogP contribution is -2.42. The van der Waals surface area contributed by atoms with Crippen LogP contribution in [-0.2, 0) is 25.6 Å². The highest BCUT2D eigenvalue weighted by atomic mass is 16.5. The minimum Gasteiger partial charge on any atom is -0.466 e. The van der Waals surface area contributed by atoms with Crippen molar-refractivity contribution in [3.05, 3.63) is 52.1 Å². The summed E-state index contributed by atoms with van der Waals surface area (Å²) in [5.74, 6) is -1.56. The quantitative estimate of drug-likeness (QED) is 0.237. The molecule has 2 aromatic heterocycles. The molecule has 13 heteroatoms. The van der Waals surface area contributed by atoms with E-state index in [4.69, 9.17) is 15.2 Å². The van der Waals surface area contributed by atoms with Crippen LogP contribution < -0.4 is 21.9 Å². The first-order chi connectivity index (χ1) is 18.3. The Kier molecular flexibility index (Phi) is 10.1. The first-order valence-corrected chi connectivity index (χ1v) is 12.3. The van der Waals surface area contributed by atoms with Crippen LogP contribution in [0.3, 0.4) is 0 Å². The molecule has 0 saturated heterocycles. The predicted molar refractivity (Wildman–Crippen MR) is 139 cm³/mol. The molecule has 0 fully saturated rings. The van der Waals surface area contributed by atoms with E-state index in [9.17, 15) is 19.2 Å². The molecule has 0 unspecified atom stereocenters. The number of fused-ring (bicyclic) bond motifs is 1. The minimum atomic E-state index is -0.986. The Hall–Kier alpha value is -4.55. The molecule has 3 rings (SSSR count). The van der Waals surface area contributed by atoms with E-state index in [2.05, 4.69) is 30.6 Å². The summed E-state index contributed by atoms with van der Waals surface area (Å²) in [5.41, 5.74) is 6.78. The standard InChI is InChI=1S/C25H31N7O6/c1-3-11-37-19(33)10-9-18(24(36)38-12-4-2)30-22(34)15-5-7-16(8-6-15)27-13-17-14-28-21-20(29-17)23(35)32-25(26)31-21/h5-8,14,18,27H,3-4,9-13H2,1-2H3,(H,30,34)(H3,26,28,31,32,35)/t18-/m0/s1. The summed E-state index contributed by atoms with van der Waals surface area (Å²) in [6.45, 7) is 4.52. The Morgan fingerprint density at radius 3 is 2.47 bits per heavy atom. The van der Waals surface area contributed by atoms with Crippen LogP contribution in [0.25, 0.3) is 11.2 Å². The summed E-state index contributed by atoms with van der Waals surface area (Å²) in [4.78, 5) is 63.8. The average molecular weight is 526 g/mol. The molecular weight excluding hydrogens is 494 g/mol. The van der Waals surface area contributed by atoms with Crippen molar-refractivity contribution in [1.29, 1.82) is 0 Å². The van der Waals surface area contributed by atoms with E-state index < -0.39 is 29.4 Å². The Morgan fingerprint density at radius 1 is 1.05 bits per heavy atom. The van der Waals surface area contributed by atoms with E-state index in [1.165, 1.54) is 6.20 Å². The normalized spacial score (nSPS) is 11.5. The van der Waals surface area contributed by atoms with Gasteiger partial charge in [-0.15, -0.1) is 0 Å². The highest BCUT2D eigenvalue weighted by molar-refractivity contribution is 5.97. The number of nitrogens with two attached hydrogens (primary N) is 1. The zero-order valence-corrected chi connectivity index (χ0v) is 21.3. The fourth-order valence-electron chi connectivity index (χ4n) is 3.33. The highest BCUT2D eigenvalue weighted by Crippen LogP contribution is 2.13. The van der Waals surface area contributed by atoms with Gasteiger partial charge < -0.3 is 25.8 Å². The van der Waals surface area contributed by atoms with E-state index in [0.717, 1.165) is 0 Å². The van der Waals surface area contributed by atoms with Crippen LogP contribution in [0, 0.1) is 0 Å². The third-order valence-corrected chi connectivity index (χ3v) is 5.25.